The van der Waals surface area contributed by atoms with Gasteiger partial charge < -0.3 is 25.8 Å². The van der Waals surface area contributed by atoms with Gasteiger partial charge in [0.25, 0.3) is 0 Å². The minimum absolute atomic E-state index is 0.0238. The van der Waals surface area contributed by atoms with Crippen LogP contribution in [0.5, 0.6) is 5.88 Å². The molecular formula is C24H35N5O3. The van der Waals surface area contributed by atoms with Crippen molar-refractivity contribution in [2.45, 2.75) is 70.9 Å². The Balaban J connectivity index is 1.46. The molecule has 1 aromatic carbocycles. The van der Waals surface area contributed by atoms with Crippen LogP contribution in [0, 0.1) is 6.92 Å². The zero-order valence-corrected chi connectivity index (χ0v) is 19.4. The molecule has 8 heteroatoms. The molecule has 0 bridgehead atoms. The molecule has 0 unspecified atom stereocenters. The lowest BCUT2D eigenvalue weighted by Crippen LogP contribution is -2.41. The lowest BCUT2D eigenvalue weighted by molar-refractivity contribution is 0.135. The third-order valence-electron chi connectivity index (χ3n) is 5.66. The van der Waals surface area contributed by atoms with Crippen molar-refractivity contribution in [3.05, 3.63) is 41.7 Å². The van der Waals surface area contributed by atoms with Crippen LogP contribution in [-0.2, 0) is 5.41 Å². The largest absolute Gasteiger partial charge is 0.474 e. The number of nitrogens with one attached hydrogen (secondary N) is 3. The second-order valence-corrected chi connectivity index (χ2v) is 9.36. The molecule has 0 spiro atoms. The molecule has 2 aromatic rings. The molecule has 0 radical (unpaired) electrons. The topological polar surface area (TPSA) is 108 Å². The van der Waals surface area contributed by atoms with Crippen molar-refractivity contribution >= 4 is 17.5 Å². The van der Waals surface area contributed by atoms with Crippen LogP contribution in [0.4, 0.5) is 16.3 Å². The Bertz CT molecular complexity index is 905. The number of hydrogen-bond donors (Lipinski definition) is 4. The number of aliphatic hydroxyl groups excluding tert-OH is 1. The molecule has 1 aliphatic carbocycles. The van der Waals surface area contributed by atoms with Gasteiger partial charge >= 0.3 is 6.03 Å². The minimum atomic E-state index is -0.173. The smallest absolute Gasteiger partial charge is 0.319 e. The Kier molecular flexibility index (Phi) is 7.90. The van der Waals surface area contributed by atoms with Gasteiger partial charge in [-0.05, 0) is 61.3 Å². The molecule has 1 aliphatic rings. The number of ether oxygens (including phenoxy) is 1. The molecule has 3 rings (SSSR count). The number of aryl methyl sites for hydroxylation is 1. The fraction of sp³-hybridized carbons (Fsp3) is 0.542. The van der Waals surface area contributed by atoms with E-state index in [1.165, 1.54) is 17.5 Å². The summed E-state index contributed by atoms with van der Waals surface area (Å²) in [6.45, 7) is 9.08. The number of benzene rings is 1. The predicted molar refractivity (Wildman–Crippen MR) is 126 cm³/mol. The highest BCUT2D eigenvalue weighted by molar-refractivity contribution is 5.89. The molecule has 0 saturated heterocycles. The third kappa shape index (κ3) is 6.82. The van der Waals surface area contributed by atoms with Crippen molar-refractivity contribution < 1.29 is 14.6 Å². The summed E-state index contributed by atoms with van der Waals surface area (Å²) in [5, 5.41) is 18.0. The Labute approximate surface area is 190 Å². The monoisotopic (exact) mass is 441 g/mol. The molecule has 1 aromatic heterocycles. The highest BCUT2D eigenvalue weighted by atomic mass is 16.5. The van der Waals surface area contributed by atoms with Crippen molar-refractivity contribution in [2.24, 2.45) is 0 Å². The van der Waals surface area contributed by atoms with Crippen LogP contribution in [0.1, 0.15) is 57.6 Å². The number of carbonyl (C=O) groups excluding carboxylic acids is 1. The summed E-state index contributed by atoms with van der Waals surface area (Å²) in [5.41, 5.74) is 3.29. The highest BCUT2D eigenvalue weighted by Crippen LogP contribution is 2.28. The highest BCUT2D eigenvalue weighted by Gasteiger charge is 2.24. The zero-order chi connectivity index (χ0) is 23.1. The SMILES string of the molecule is Cc1ccc(NC(=O)NC2CCC(Oc3cc(NCCO)ncn3)CC2)cc1C(C)(C)C. The average molecular weight is 442 g/mol. The number of carbonyl (C=O) groups is 1. The van der Waals surface area contributed by atoms with Crippen molar-refractivity contribution in [2.75, 3.05) is 23.8 Å². The van der Waals surface area contributed by atoms with Gasteiger partial charge in [0, 0.05) is 24.3 Å². The maximum Gasteiger partial charge on any atom is 0.319 e. The number of aliphatic hydroxyl groups is 1. The molecule has 2 amide bonds. The number of amides is 2. The zero-order valence-electron chi connectivity index (χ0n) is 19.4. The average Bonchev–Trinajstić information content (AvgIpc) is 2.74. The van der Waals surface area contributed by atoms with Crippen LogP contribution in [0.2, 0.25) is 0 Å². The summed E-state index contributed by atoms with van der Waals surface area (Å²) >= 11 is 0. The van der Waals surface area contributed by atoms with E-state index in [0.29, 0.717) is 18.2 Å². The van der Waals surface area contributed by atoms with E-state index in [1.54, 1.807) is 6.07 Å². The van der Waals surface area contributed by atoms with Gasteiger partial charge in [-0.3, -0.25) is 0 Å². The van der Waals surface area contributed by atoms with E-state index in [1.807, 2.05) is 6.07 Å². The van der Waals surface area contributed by atoms with Gasteiger partial charge in [-0.1, -0.05) is 26.8 Å². The summed E-state index contributed by atoms with van der Waals surface area (Å²) < 4.78 is 6.00. The van der Waals surface area contributed by atoms with Crippen LogP contribution in [0.3, 0.4) is 0 Å². The molecule has 1 saturated carbocycles. The first kappa shape index (κ1) is 23.8. The molecule has 1 fully saturated rings. The van der Waals surface area contributed by atoms with Gasteiger partial charge in [-0.15, -0.1) is 0 Å². The fourth-order valence-electron chi connectivity index (χ4n) is 4.04. The maximum absolute atomic E-state index is 12.5. The molecule has 32 heavy (non-hydrogen) atoms. The van der Waals surface area contributed by atoms with Crippen molar-refractivity contribution in [1.82, 2.24) is 15.3 Å². The number of urea groups is 1. The maximum atomic E-state index is 12.5. The molecule has 174 valence electrons. The van der Waals surface area contributed by atoms with Crippen LogP contribution in [0.15, 0.2) is 30.6 Å². The number of aromatic nitrogens is 2. The predicted octanol–water partition coefficient (Wildman–Crippen LogP) is 4.00. The number of rotatable bonds is 7. The Morgan fingerprint density at radius 2 is 1.91 bits per heavy atom. The fourth-order valence-corrected chi connectivity index (χ4v) is 4.04. The van der Waals surface area contributed by atoms with Crippen LogP contribution in [-0.4, -0.2) is 46.4 Å². The van der Waals surface area contributed by atoms with Crippen molar-refractivity contribution in [3.63, 3.8) is 0 Å². The Morgan fingerprint density at radius 1 is 1.16 bits per heavy atom. The lowest BCUT2D eigenvalue weighted by atomic mass is 9.84. The second-order valence-electron chi connectivity index (χ2n) is 9.36. The number of anilines is 2. The first-order valence-corrected chi connectivity index (χ1v) is 11.3. The summed E-state index contributed by atoms with van der Waals surface area (Å²) in [7, 11) is 0. The van der Waals surface area contributed by atoms with Crippen molar-refractivity contribution in [1.29, 1.82) is 0 Å². The quantitative estimate of drug-likeness (QED) is 0.517. The standard InChI is InChI=1S/C24H35N5O3/c1-16-5-6-18(13-20(16)24(2,3)4)29-23(31)28-17-7-9-19(10-8-17)32-22-14-21(25-11-12-30)26-15-27-22/h5-6,13-15,17,19,30H,7-12H2,1-4H3,(H,25,26,27)(H2,28,29,31). The van der Waals surface area contributed by atoms with Crippen molar-refractivity contribution in [3.8, 4) is 5.88 Å². The second kappa shape index (κ2) is 10.6. The van der Waals surface area contributed by atoms with E-state index < -0.39 is 0 Å². The van der Waals surface area contributed by atoms with E-state index >= 15 is 0 Å². The van der Waals surface area contributed by atoms with E-state index in [0.717, 1.165) is 31.4 Å². The van der Waals surface area contributed by atoms with E-state index in [9.17, 15) is 4.79 Å². The molecule has 1 heterocycles. The van der Waals surface area contributed by atoms with Gasteiger partial charge in [-0.2, -0.15) is 0 Å². The lowest BCUT2D eigenvalue weighted by Gasteiger charge is -2.29. The number of hydrogen-bond acceptors (Lipinski definition) is 6. The van der Waals surface area contributed by atoms with Gasteiger partial charge in [0.15, 0.2) is 0 Å². The normalized spacial score (nSPS) is 18.7. The van der Waals surface area contributed by atoms with Gasteiger partial charge in [0.2, 0.25) is 5.88 Å². The van der Waals surface area contributed by atoms with E-state index in [-0.39, 0.29) is 30.2 Å². The van der Waals surface area contributed by atoms with Gasteiger partial charge in [-0.25, -0.2) is 14.8 Å². The van der Waals surface area contributed by atoms with Crippen LogP contribution < -0.4 is 20.7 Å². The first-order valence-electron chi connectivity index (χ1n) is 11.3. The van der Waals surface area contributed by atoms with E-state index in [4.69, 9.17) is 9.84 Å². The number of nitrogens with zero attached hydrogens (tertiary/aromatic N) is 2. The van der Waals surface area contributed by atoms with Crippen LogP contribution in [0.25, 0.3) is 0 Å². The summed E-state index contributed by atoms with van der Waals surface area (Å²) in [4.78, 5) is 20.8. The summed E-state index contributed by atoms with van der Waals surface area (Å²) in [6, 6.07) is 7.74. The first-order chi connectivity index (χ1) is 15.2. The minimum Gasteiger partial charge on any atom is -0.474 e. The Morgan fingerprint density at radius 3 is 2.59 bits per heavy atom. The molecule has 0 aliphatic heterocycles. The van der Waals surface area contributed by atoms with Gasteiger partial charge in [0.05, 0.1) is 6.61 Å². The molecule has 0 atom stereocenters. The van der Waals surface area contributed by atoms with Crippen LogP contribution >= 0.6 is 0 Å². The van der Waals surface area contributed by atoms with Gasteiger partial charge in [0.1, 0.15) is 18.2 Å². The summed E-state index contributed by atoms with van der Waals surface area (Å²) in [5.74, 6) is 1.14. The Hall–Kier alpha value is -2.87. The molecule has 4 N–H and O–H groups in total. The third-order valence-corrected chi connectivity index (χ3v) is 5.66. The molecular weight excluding hydrogens is 406 g/mol. The molecule has 8 nitrogen and oxygen atoms in total. The van der Waals surface area contributed by atoms with E-state index in [2.05, 4.69) is 65.7 Å². The summed E-state index contributed by atoms with van der Waals surface area (Å²) in [6.07, 6.45) is 4.88.